The van der Waals surface area contributed by atoms with E-state index in [2.05, 4.69) is 10.6 Å². The van der Waals surface area contributed by atoms with Gasteiger partial charge in [0, 0.05) is 13.0 Å². The molecule has 1 rings (SSSR count). The van der Waals surface area contributed by atoms with Crippen molar-refractivity contribution in [2.45, 2.75) is 19.4 Å². The van der Waals surface area contributed by atoms with E-state index in [9.17, 15) is 4.79 Å². The summed E-state index contributed by atoms with van der Waals surface area (Å²) in [5.74, 6) is 0.811. The van der Waals surface area contributed by atoms with Crippen LogP contribution in [0, 0.1) is 0 Å². The van der Waals surface area contributed by atoms with Crippen LogP contribution >= 0.6 is 0 Å². The Morgan fingerprint density at radius 3 is 3.00 bits per heavy atom. The zero-order valence-electron chi connectivity index (χ0n) is 8.54. The molecule has 1 amide bonds. The number of nitrogens with one attached hydrogen (secondary N) is 2. The lowest BCUT2D eigenvalue weighted by Gasteiger charge is -2.10. The third-order valence-electron chi connectivity index (χ3n) is 1.95. The van der Waals surface area contributed by atoms with Crippen molar-refractivity contribution in [3.63, 3.8) is 0 Å². The summed E-state index contributed by atoms with van der Waals surface area (Å²) in [6.45, 7) is 2.59. The quantitative estimate of drug-likeness (QED) is 0.740. The maximum atomic E-state index is 11.3. The highest BCUT2D eigenvalue weighted by atomic mass is 16.3. The van der Waals surface area contributed by atoms with Gasteiger partial charge in [0.15, 0.2) is 0 Å². The smallest absolute Gasteiger partial charge is 0.221 e. The van der Waals surface area contributed by atoms with Gasteiger partial charge in [0.05, 0.1) is 12.3 Å². The highest BCUT2D eigenvalue weighted by molar-refractivity contribution is 5.76. The minimum atomic E-state index is -0.0608. The van der Waals surface area contributed by atoms with Crippen molar-refractivity contribution in [3.8, 4) is 0 Å². The largest absolute Gasteiger partial charge is 0.467 e. The first-order chi connectivity index (χ1) is 6.74. The number of hydrogen-bond donors (Lipinski definition) is 2. The average Bonchev–Trinajstić information content (AvgIpc) is 2.67. The van der Waals surface area contributed by atoms with Crippen LogP contribution in [0.2, 0.25) is 0 Å². The fourth-order valence-corrected chi connectivity index (χ4v) is 1.16. The molecule has 0 aliphatic rings. The number of hydrogen-bond acceptors (Lipinski definition) is 3. The predicted octanol–water partition coefficient (Wildman–Crippen LogP) is 1.07. The highest BCUT2D eigenvalue weighted by Crippen LogP contribution is 2.11. The SMILES string of the molecule is CNCCC(=O)N[C@@H](C)c1ccco1. The molecule has 0 unspecified atom stereocenters. The summed E-state index contributed by atoms with van der Waals surface area (Å²) in [6.07, 6.45) is 2.09. The van der Waals surface area contributed by atoms with Gasteiger partial charge in [0.25, 0.3) is 0 Å². The van der Waals surface area contributed by atoms with Crippen molar-refractivity contribution in [1.82, 2.24) is 10.6 Å². The highest BCUT2D eigenvalue weighted by Gasteiger charge is 2.10. The maximum absolute atomic E-state index is 11.3. The predicted molar refractivity (Wildman–Crippen MR) is 53.8 cm³/mol. The summed E-state index contributed by atoms with van der Waals surface area (Å²) in [5.41, 5.74) is 0. The lowest BCUT2D eigenvalue weighted by atomic mass is 10.2. The van der Waals surface area contributed by atoms with Gasteiger partial charge in [0.2, 0.25) is 5.91 Å². The normalized spacial score (nSPS) is 12.4. The molecule has 14 heavy (non-hydrogen) atoms. The number of furan rings is 1. The van der Waals surface area contributed by atoms with Crippen molar-refractivity contribution in [2.24, 2.45) is 0 Å². The summed E-state index contributed by atoms with van der Waals surface area (Å²) < 4.78 is 5.17. The van der Waals surface area contributed by atoms with Gasteiger partial charge in [-0.05, 0) is 26.1 Å². The summed E-state index contributed by atoms with van der Waals surface area (Å²) in [4.78, 5) is 11.3. The minimum Gasteiger partial charge on any atom is -0.467 e. The van der Waals surface area contributed by atoms with Crippen molar-refractivity contribution in [3.05, 3.63) is 24.2 Å². The van der Waals surface area contributed by atoms with Crippen molar-refractivity contribution in [2.75, 3.05) is 13.6 Å². The third kappa shape index (κ3) is 3.22. The van der Waals surface area contributed by atoms with E-state index in [-0.39, 0.29) is 11.9 Å². The molecule has 4 heteroatoms. The molecule has 0 radical (unpaired) electrons. The van der Waals surface area contributed by atoms with E-state index in [0.717, 1.165) is 5.76 Å². The molecule has 1 aromatic rings. The van der Waals surface area contributed by atoms with Gasteiger partial charge in [-0.1, -0.05) is 0 Å². The molecule has 0 aromatic carbocycles. The minimum absolute atomic E-state index is 0.0308. The lowest BCUT2D eigenvalue weighted by Crippen LogP contribution is -2.28. The molecule has 1 aromatic heterocycles. The first-order valence-corrected chi connectivity index (χ1v) is 4.71. The zero-order chi connectivity index (χ0) is 10.4. The van der Waals surface area contributed by atoms with Gasteiger partial charge in [-0.2, -0.15) is 0 Å². The molecule has 0 saturated heterocycles. The molecule has 1 atom stereocenters. The van der Waals surface area contributed by atoms with Gasteiger partial charge in [0.1, 0.15) is 5.76 Å². The van der Waals surface area contributed by atoms with Crippen molar-refractivity contribution in [1.29, 1.82) is 0 Å². The van der Waals surface area contributed by atoms with E-state index in [1.165, 1.54) is 0 Å². The van der Waals surface area contributed by atoms with E-state index >= 15 is 0 Å². The summed E-state index contributed by atoms with van der Waals surface area (Å²) in [6, 6.07) is 3.60. The number of amides is 1. The molecular formula is C10H16N2O2. The molecule has 1 heterocycles. The molecule has 2 N–H and O–H groups in total. The van der Waals surface area contributed by atoms with Crippen molar-refractivity contribution >= 4 is 5.91 Å². The molecule has 4 nitrogen and oxygen atoms in total. The van der Waals surface area contributed by atoms with Crippen LogP contribution in [0.4, 0.5) is 0 Å². The van der Waals surface area contributed by atoms with Crippen LogP contribution in [-0.4, -0.2) is 19.5 Å². The number of carbonyl (C=O) groups excluding carboxylic acids is 1. The fourth-order valence-electron chi connectivity index (χ4n) is 1.16. The maximum Gasteiger partial charge on any atom is 0.221 e. The third-order valence-corrected chi connectivity index (χ3v) is 1.95. The van der Waals surface area contributed by atoms with Gasteiger partial charge in [-0.25, -0.2) is 0 Å². The standard InChI is InChI=1S/C10H16N2O2/c1-8(9-4-3-7-14-9)12-10(13)5-6-11-2/h3-4,7-8,11H,5-6H2,1-2H3,(H,12,13)/t8-/m0/s1. The second kappa shape index (κ2) is 5.44. The average molecular weight is 196 g/mol. The fraction of sp³-hybridized carbons (Fsp3) is 0.500. The number of carbonyl (C=O) groups is 1. The van der Waals surface area contributed by atoms with E-state index in [0.29, 0.717) is 13.0 Å². The second-order valence-electron chi connectivity index (χ2n) is 3.16. The van der Waals surface area contributed by atoms with Crippen LogP contribution in [0.3, 0.4) is 0 Å². The van der Waals surface area contributed by atoms with Gasteiger partial charge in [-0.3, -0.25) is 4.79 Å². The molecule has 78 valence electrons. The molecule has 0 aliphatic heterocycles. The Balaban J connectivity index is 2.33. The second-order valence-corrected chi connectivity index (χ2v) is 3.16. The Hall–Kier alpha value is -1.29. The molecule has 0 saturated carbocycles. The van der Waals surface area contributed by atoms with Gasteiger partial charge < -0.3 is 15.1 Å². The molecule has 0 fully saturated rings. The van der Waals surface area contributed by atoms with Crippen LogP contribution in [0.25, 0.3) is 0 Å². The molecule has 0 spiro atoms. The summed E-state index contributed by atoms with van der Waals surface area (Å²) in [7, 11) is 1.82. The van der Waals surface area contributed by atoms with E-state index < -0.39 is 0 Å². The van der Waals surface area contributed by atoms with E-state index in [4.69, 9.17) is 4.42 Å². The first-order valence-electron chi connectivity index (χ1n) is 4.71. The van der Waals surface area contributed by atoms with Crippen LogP contribution in [-0.2, 0) is 4.79 Å². The van der Waals surface area contributed by atoms with Gasteiger partial charge >= 0.3 is 0 Å². The Morgan fingerprint density at radius 1 is 1.64 bits per heavy atom. The van der Waals surface area contributed by atoms with Crippen LogP contribution in [0.5, 0.6) is 0 Å². The Kier molecular flexibility index (Phi) is 4.19. The van der Waals surface area contributed by atoms with Gasteiger partial charge in [-0.15, -0.1) is 0 Å². The number of rotatable bonds is 5. The monoisotopic (exact) mass is 196 g/mol. The Bertz CT molecular complexity index is 270. The van der Waals surface area contributed by atoms with Crippen LogP contribution in [0.15, 0.2) is 22.8 Å². The Labute approximate surface area is 83.7 Å². The topological polar surface area (TPSA) is 54.3 Å². The van der Waals surface area contributed by atoms with Crippen LogP contribution < -0.4 is 10.6 Å². The zero-order valence-corrected chi connectivity index (χ0v) is 8.54. The summed E-state index contributed by atoms with van der Waals surface area (Å²) >= 11 is 0. The summed E-state index contributed by atoms with van der Waals surface area (Å²) in [5, 5.41) is 5.77. The molecule has 0 bridgehead atoms. The molecule has 0 aliphatic carbocycles. The van der Waals surface area contributed by atoms with E-state index in [1.807, 2.05) is 26.1 Å². The van der Waals surface area contributed by atoms with Crippen LogP contribution in [0.1, 0.15) is 25.1 Å². The van der Waals surface area contributed by atoms with E-state index in [1.54, 1.807) is 6.26 Å². The molecular weight excluding hydrogens is 180 g/mol. The first kappa shape index (κ1) is 10.8. The lowest BCUT2D eigenvalue weighted by molar-refractivity contribution is -0.121. The Morgan fingerprint density at radius 2 is 2.43 bits per heavy atom. The van der Waals surface area contributed by atoms with Crippen molar-refractivity contribution < 1.29 is 9.21 Å².